The summed E-state index contributed by atoms with van der Waals surface area (Å²) < 4.78 is 67.4. The number of carbonyl (C=O) groups is 1. The van der Waals surface area contributed by atoms with E-state index in [2.05, 4.69) is 10.5 Å². The number of hydrogen-bond acceptors (Lipinski definition) is 4. The maximum atomic E-state index is 13.4. The van der Waals surface area contributed by atoms with Gasteiger partial charge in [0.2, 0.25) is 0 Å². The van der Waals surface area contributed by atoms with Gasteiger partial charge in [-0.1, -0.05) is 66.2 Å². The Bertz CT molecular complexity index is 1560. The van der Waals surface area contributed by atoms with Crippen molar-refractivity contribution in [3.63, 3.8) is 0 Å². The van der Waals surface area contributed by atoms with Crippen LogP contribution in [-0.2, 0) is 21.0 Å². The molecule has 0 aliphatic carbocycles. The van der Waals surface area contributed by atoms with Crippen LogP contribution in [0.3, 0.4) is 0 Å². The standard InChI is InChI=1S/C27H22F3N3O3S/c1-19-12-14-24(15-13-19)37(35,36)33(23-10-5-9-22(16-23)27(28,29)30)18-26(34)32-31-17-21-8-4-7-20-6-2-3-11-25(20)21/h2-17H,18H2,1H3,(H,32,34)/b31-17-. The third-order valence-electron chi connectivity index (χ3n) is 5.57. The van der Waals surface area contributed by atoms with Gasteiger partial charge in [-0.2, -0.15) is 18.3 Å². The Labute approximate surface area is 212 Å². The average molecular weight is 526 g/mol. The number of alkyl halides is 3. The molecule has 190 valence electrons. The van der Waals surface area contributed by atoms with E-state index in [1.807, 2.05) is 36.4 Å². The summed E-state index contributed by atoms with van der Waals surface area (Å²) in [5, 5.41) is 5.80. The van der Waals surface area contributed by atoms with E-state index in [-0.39, 0.29) is 10.6 Å². The van der Waals surface area contributed by atoms with Crippen molar-refractivity contribution < 1.29 is 26.4 Å². The van der Waals surface area contributed by atoms with E-state index in [0.29, 0.717) is 10.4 Å². The molecule has 4 rings (SSSR count). The van der Waals surface area contributed by atoms with Crippen molar-refractivity contribution in [2.24, 2.45) is 5.10 Å². The van der Waals surface area contributed by atoms with Crippen molar-refractivity contribution >= 4 is 38.6 Å². The fraction of sp³-hybridized carbons (Fsp3) is 0.111. The van der Waals surface area contributed by atoms with Gasteiger partial charge in [0.05, 0.1) is 22.4 Å². The summed E-state index contributed by atoms with van der Waals surface area (Å²) in [6, 6.07) is 22.7. The van der Waals surface area contributed by atoms with E-state index in [1.165, 1.54) is 24.4 Å². The second-order valence-electron chi connectivity index (χ2n) is 8.23. The molecule has 10 heteroatoms. The van der Waals surface area contributed by atoms with Gasteiger partial charge < -0.3 is 0 Å². The number of aryl methyl sites for hydroxylation is 1. The maximum absolute atomic E-state index is 13.4. The minimum Gasteiger partial charge on any atom is -0.271 e. The van der Waals surface area contributed by atoms with Crippen LogP contribution < -0.4 is 9.73 Å². The Kier molecular flexibility index (Phi) is 7.30. The Hall–Kier alpha value is -4.18. The Morgan fingerprint density at radius 1 is 0.946 bits per heavy atom. The molecule has 0 heterocycles. The number of nitrogens with zero attached hydrogens (tertiary/aromatic N) is 2. The first kappa shape index (κ1) is 25.9. The van der Waals surface area contributed by atoms with Gasteiger partial charge in [-0.05, 0) is 48.0 Å². The number of nitrogens with one attached hydrogen (secondary N) is 1. The van der Waals surface area contributed by atoms with E-state index in [4.69, 9.17) is 0 Å². The number of hydrogen-bond donors (Lipinski definition) is 1. The molecule has 0 aromatic heterocycles. The number of hydrazone groups is 1. The molecule has 0 bridgehead atoms. The highest BCUT2D eigenvalue weighted by atomic mass is 32.2. The lowest BCUT2D eigenvalue weighted by Crippen LogP contribution is -2.39. The number of benzene rings is 4. The Morgan fingerprint density at radius 3 is 2.35 bits per heavy atom. The summed E-state index contributed by atoms with van der Waals surface area (Å²) in [6.07, 6.45) is -3.27. The van der Waals surface area contributed by atoms with Crippen LogP contribution in [0.15, 0.2) is 101 Å². The summed E-state index contributed by atoms with van der Waals surface area (Å²) >= 11 is 0. The van der Waals surface area contributed by atoms with E-state index in [0.717, 1.165) is 34.0 Å². The minimum absolute atomic E-state index is 0.164. The smallest absolute Gasteiger partial charge is 0.271 e. The van der Waals surface area contributed by atoms with E-state index < -0.39 is 34.2 Å². The lowest BCUT2D eigenvalue weighted by Gasteiger charge is -2.24. The molecule has 6 nitrogen and oxygen atoms in total. The third-order valence-corrected chi connectivity index (χ3v) is 7.36. The highest BCUT2D eigenvalue weighted by Crippen LogP contribution is 2.33. The molecule has 0 fully saturated rings. The van der Waals surface area contributed by atoms with Gasteiger partial charge in [0.25, 0.3) is 15.9 Å². The number of sulfonamides is 1. The van der Waals surface area contributed by atoms with Crippen molar-refractivity contribution in [1.82, 2.24) is 5.43 Å². The van der Waals surface area contributed by atoms with Crippen LogP contribution in [0.25, 0.3) is 10.8 Å². The molecule has 1 N–H and O–H groups in total. The molecule has 4 aromatic rings. The highest BCUT2D eigenvalue weighted by molar-refractivity contribution is 7.92. The largest absolute Gasteiger partial charge is 0.416 e. The normalized spacial score (nSPS) is 12.1. The van der Waals surface area contributed by atoms with Crippen LogP contribution in [0.4, 0.5) is 18.9 Å². The predicted molar refractivity (Wildman–Crippen MR) is 137 cm³/mol. The van der Waals surface area contributed by atoms with Gasteiger partial charge in [-0.3, -0.25) is 9.10 Å². The number of rotatable bonds is 7. The molecule has 37 heavy (non-hydrogen) atoms. The molecule has 0 saturated carbocycles. The topological polar surface area (TPSA) is 78.8 Å². The van der Waals surface area contributed by atoms with E-state index >= 15 is 0 Å². The zero-order valence-corrected chi connectivity index (χ0v) is 20.4. The maximum Gasteiger partial charge on any atom is 0.416 e. The lowest BCUT2D eigenvalue weighted by atomic mass is 10.1. The Morgan fingerprint density at radius 2 is 1.62 bits per heavy atom. The number of fused-ring (bicyclic) bond motifs is 1. The fourth-order valence-corrected chi connectivity index (χ4v) is 5.11. The van der Waals surface area contributed by atoms with E-state index in [9.17, 15) is 26.4 Å². The molecule has 1 amide bonds. The van der Waals surface area contributed by atoms with Crippen LogP contribution in [0.5, 0.6) is 0 Å². The second-order valence-corrected chi connectivity index (χ2v) is 10.1. The van der Waals surface area contributed by atoms with Crippen LogP contribution >= 0.6 is 0 Å². The van der Waals surface area contributed by atoms with Gasteiger partial charge in [0, 0.05) is 5.56 Å². The first-order valence-corrected chi connectivity index (χ1v) is 12.6. The lowest BCUT2D eigenvalue weighted by molar-refractivity contribution is -0.137. The summed E-state index contributed by atoms with van der Waals surface area (Å²) in [5.41, 5.74) is 2.45. The number of amides is 1. The SMILES string of the molecule is Cc1ccc(S(=O)(=O)N(CC(=O)N/N=C\c2cccc3ccccc23)c2cccc(C(F)(F)F)c2)cc1. The molecule has 0 saturated heterocycles. The zero-order chi connectivity index (χ0) is 26.6. The summed E-state index contributed by atoms with van der Waals surface area (Å²) in [5.74, 6) is -0.829. The number of anilines is 1. The van der Waals surface area contributed by atoms with Crippen molar-refractivity contribution in [2.45, 2.75) is 18.0 Å². The minimum atomic E-state index is -4.69. The van der Waals surface area contributed by atoms with Crippen molar-refractivity contribution in [3.8, 4) is 0 Å². The number of halogens is 3. The molecule has 0 radical (unpaired) electrons. The van der Waals surface area contributed by atoms with Crippen LogP contribution in [0, 0.1) is 6.92 Å². The number of carbonyl (C=O) groups excluding carboxylic acids is 1. The zero-order valence-electron chi connectivity index (χ0n) is 19.6. The first-order valence-electron chi connectivity index (χ1n) is 11.1. The predicted octanol–water partition coefficient (Wildman–Crippen LogP) is 5.51. The highest BCUT2D eigenvalue weighted by Gasteiger charge is 2.33. The fourth-order valence-electron chi connectivity index (χ4n) is 3.69. The van der Waals surface area contributed by atoms with Gasteiger partial charge in [0.15, 0.2) is 0 Å². The summed E-state index contributed by atoms with van der Waals surface area (Å²) in [4.78, 5) is 12.6. The summed E-state index contributed by atoms with van der Waals surface area (Å²) in [7, 11) is -4.38. The van der Waals surface area contributed by atoms with Gasteiger partial charge in [-0.25, -0.2) is 13.8 Å². The Balaban J connectivity index is 1.63. The molecule has 0 aliphatic rings. The van der Waals surface area contributed by atoms with Crippen molar-refractivity contribution in [2.75, 3.05) is 10.8 Å². The van der Waals surface area contributed by atoms with Gasteiger partial charge in [-0.15, -0.1) is 0 Å². The van der Waals surface area contributed by atoms with E-state index in [1.54, 1.807) is 25.1 Å². The van der Waals surface area contributed by atoms with Crippen LogP contribution in [-0.4, -0.2) is 27.1 Å². The van der Waals surface area contributed by atoms with Crippen LogP contribution in [0.1, 0.15) is 16.7 Å². The molecular weight excluding hydrogens is 503 g/mol. The van der Waals surface area contributed by atoms with Gasteiger partial charge in [0.1, 0.15) is 6.54 Å². The molecule has 4 aromatic carbocycles. The van der Waals surface area contributed by atoms with Crippen molar-refractivity contribution in [1.29, 1.82) is 0 Å². The molecular formula is C27H22F3N3O3S. The molecule has 0 aliphatic heterocycles. The second kappa shape index (κ2) is 10.4. The molecule has 0 atom stereocenters. The quantitative estimate of drug-likeness (QED) is 0.255. The molecule has 0 spiro atoms. The van der Waals surface area contributed by atoms with Crippen LogP contribution in [0.2, 0.25) is 0 Å². The van der Waals surface area contributed by atoms with Crippen molar-refractivity contribution in [3.05, 3.63) is 108 Å². The summed E-state index contributed by atoms with van der Waals surface area (Å²) in [6.45, 7) is 0.979. The monoisotopic (exact) mass is 525 g/mol. The van der Waals surface area contributed by atoms with Gasteiger partial charge >= 0.3 is 6.18 Å². The first-order chi connectivity index (χ1) is 17.6. The average Bonchev–Trinajstić information content (AvgIpc) is 2.87. The molecule has 0 unspecified atom stereocenters. The third kappa shape index (κ3) is 5.97.